The van der Waals surface area contributed by atoms with Crippen molar-refractivity contribution in [1.29, 1.82) is 0 Å². The van der Waals surface area contributed by atoms with E-state index in [1.807, 2.05) is 0 Å². The van der Waals surface area contributed by atoms with Crippen LogP contribution in [0.5, 0.6) is 0 Å². The fourth-order valence-corrected chi connectivity index (χ4v) is 2.57. The SMILES string of the molecule is Cl.NC1(c2noc(CNC(c3ccccc3)C(F)(F)F)n2)CCC1. The lowest BCUT2D eigenvalue weighted by molar-refractivity contribution is -0.158. The van der Waals surface area contributed by atoms with Crippen LogP contribution in [0.4, 0.5) is 13.2 Å². The van der Waals surface area contributed by atoms with E-state index in [1.54, 1.807) is 18.2 Å². The zero-order chi connectivity index (χ0) is 16.5. The summed E-state index contributed by atoms with van der Waals surface area (Å²) >= 11 is 0. The van der Waals surface area contributed by atoms with E-state index in [0.29, 0.717) is 5.82 Å². The van der Waals surface area contributed by atoms with Gasteiger partial charge < -0.3 is 10.3 Å². The van der Waals surface area contributed by atoms with Crippen LogP contribution in [0.2, 0.25) is 0 Å². The fourth-order valence-electron chi connectivity index (χ4n) is 2.57. The molecule has 1 saturated carbocycles. The van der Waals surface area contributed by atoms with Crippen molar-refractivity contribution in [3.8, 4) is 0 Å². The first kappa shape index (κ1) is 18.7. The summed E-state index contributed by atoms with van der Waals surface area (Å²) in [6.45, 7) is -0.178. The lowest BCUT2D eigenvalue weighted by atomic mass is 9.77. The van der Waals surface area contributed by atoms with Crippen LogP contribution in [0.15, 0.2) is 34.9 Å². The van der Waals surface area contributed by atoms with Crippen molar-refractivity contribution in [2.45, 2.75) is 43.6 Å². The van der Waals surface area contributed by atoms with Gasteiger partial charge in [0.05, 0.1) is 12.1 Å². The molecule has 1 aromatic carbocycles. The van der Waals surface area contributed by atoms with Gasteiger partial charge in [0.25, 0.3) is 0 Å². The number of nitrogens with one attached hydrogen (secondary N) is 1. The van der Waals surface area contributed by atoms with Crippen LogP contribution in [0, 0.1) is 0 Å². The molecule has 0 bridgehead atoms. The van der Waals surface area contributed by atoms with E-state index in [0.717, 1.165) is 19.3 Å². The van der Waals surface area contributed by atoms with E-state index >= 15 is 0 Å². The smallest absolute Gasteiger partial charge is 0.338 e. The molecule has 24 heavy (non-hydrogen) atoms. The first-order chi connectivity index (χ1) is 10.9. The van der Waals surface area contributed by atoms with Crippen molar-refractivity contribution < 1.29 is 17.7 Å². The van der Waals surface area contributed by atoms with Crippen LogP contribution < -0.4 is 11.1 Å². The van der Waals surface area contributed by atoms with Gasteiger partial charge in [-0.3, -0.25) is 5.32 Å². The van der Waals surface area contributed by atoms with E-state index in [9.17, 15) is 13.2 Å². The van der Waals surface area contributed by atoms with Gasteiger partial charge in [-0.2, -0.15) is 18.2 Å². The molecule has 1 fully saturated rings. The predicted molar refractivity (Wildman–Crippen MR) is 83.3 cm³/mol. The Hall–Kier alpha value is -1.64. The third-order valence-electron chi connectivity index (χ3n) is 4.08. The minimum Gasteiger partial charge on any atom is -0.338 e. The number of benzene rings is 1. The zero-order valence-corrected chi connectivity index (χ0v) is 13.5. The number of rotatable bonds is 5. The van der Waals surface area contributed by atoms with Crippen molar-refractivity contribution in [3.05, 3.63) is 47.6 Å². The highest BCUT2D eigenvalue weighted by Crippen LogP contribution is 2.37. The fraction of sp³-hybridized carbons (Fsp3) is 0.467. The van der Waals surface area contributed by atoms with Gasteiger partial charge in [0.1, 0.15) is 6.04 Å². The standard InChI is InChI=1S/C15H17F3N4O.ClH/c16-15(17,18)12(10-5-2-1-3-6-10)20-9-11-21-13(22-23-11)14(19)7-4-8-14;/h1-3,5-6,12,20H,4,7-9,19H2;1H. The molecular weight excluding hydrogens is 345 g/mol. The Morgan fingerprint density at radius 1 is 1.25 bits per heavy atom. The maximum absolute atomic E-state index is 13.2. The van der Waals surface area contributed by atoms with Gasteiger partial charge in [-0.25, -0.2) is 0 Å². The largest absolute Gasteiger partial charge is 0.407 e. The van der Waals surface area contributed by atoms with E-state index in [2.05, 4.69) is 15.5 Å². The van der Waals surface area contributed by atoms with Crippen LogP contribution in [0.1, 0.15) is 42.6 Å². The summed E-state index contributed by atoms with van der Waals surface area (Å²) in [6, 6.07) is 5.85. The van der Waals surface area contributed by atoms with E-state index in [1.165, 1.54) is 12.1 Å². The van der Waals surface area contributed by atoms with Gasteiger partial charge >= 0.3 is 6.18 Å². The Bertz CT molecular complexity index is 658. The monoisotopic (exact) mass is 362 g/mol. The summed E-state index contributed by atoms with van der Waals surface area (Å²) in [7, 11) is 0. The molecule has 0 aliphatic heterocycles. The Morgan fingerprint density at radius 3 is 2.46 bits per heavy atom. The highest BCUT2D eigenvalue weighted by Gasteiger charge is 2.41. The molecule has 1 aliphatic rings. The molecule has 0 saturated heterocycles. The maximum Gasteiger partial charge on any atom is 0.407 e. The summed E-state index contributed by atoms with van der Waals surface area (Å²) in [4.78, 5) is 4.12. The van der Waals surface area contributed by atoms with E-state index < -0.39 is 17.8 Å². The molecule has 0 amide bonds. The number of nitrogens with two attached hydrogens (primary N) is 1. The molecule has 1 aliphatic carbocycles. The van der Waals surface area contributed by atoms with Crippen molar-refractivity contribution in [2.24, 2.45) is 5.73 Å². The minimum atomic E-state index is -4.42. The third-order valence-corrected chi connectivity index (χ3v) is 4.08. The summed E-state index contributed by atoms with van der Waals surface area (Å²) < 4.78 is 44.7. The average Bonchev–Trinajstić information content (AvgIpc) is 2.94. The van der Waals surface area contributed by atoms with Crippen LogP contribution >= 0.6 is 12.4 Å². The number of halogens is 4. The van der Waals surface area contributed by atoms with Gasteiger partial charge in [-0.15, -0.1) is 12.4 Å². The van der Waals surface area contributed by atoms with Gasteiger partial charge in [0.2, 0.25) is 5.89 Å². The number of aromatic nitrogens is 2. The first-order valence-electron chi connectivity index (χ1n) is 7.35. The summed E-state index contributed by atoms with van der Waals surface area (Å²) in [6.07, 6.45) is -1.92. The highest BCUT2D eigenvalue weighted by molar-refractivity contribution is 5.85. The number of nitrogens with zero attached hydrogens (tertiary/aromatic N) is 2. The zero-order valence-electron chi connectivity index (χ0n) is 12.7. The number of alkyl halides is 3. The van der Waals surface area contributed by atoms with Gasteiger partial charge in [0.15, 0.2) is 5.82 Å². The second kappa shape index (κ2) is 7.08. The first-order valence-corrected chi connectivity index (χ1v) is 7.35. The number of hydrogen-bond donors (Lipinski definition) is 2. The van der Waals surface area contributed by atoms with E-state index in [-0.39, 0.29) is 30.4 Å². The van der Waals surface area contributed by atoms with Crippen molar-refractivity contribution in [3.63, 3.8) is 0 Å². The maximum atomic E-state index is 13.2. The lowest BCUT2D eigenvalue weighted by Gasteiger charge is -2.34. The average molecular weight is 363 g/mol. The Balaban J connectivity index is 0.00000208. The molecule has 2 aromatic rings. The molecule has 132 valence electrons. The minimum absolute atomic E-state index is 0. The predicted octanol–water partition coefficient (Wildman–Crippen LogP) is 3.22. The molecule has 5 nitrogen and oxygen atoms in total. The molecular formula is C15H18ClF3N4O. The van der Waals surface area contributed by atoms with E-state index in [4.69, 9.17) is 10.3 Å². The summed E-state index contributed by atoms with van der Waals surface area (Å²) in [5.41, 5.74) is 5.61. The summed E-state index contributed by atoms with van der Waals surface area (Å²) in [5.74, 6) is 0.464. The van der Waals surface area contributed by atoms with Crippen LogP contribution in [0.3, 0.4) is 0 Å². The van der Waals surface area contributed by atoms with Gasteiger partial charge in [-0.05, 0) is 24.8 Å². The van der Waals surface area contributed by atoms with Crippen LogP contribution in [-0.2, 0) is 12.1 Å². The second-order valence-corrected chi connectivity index (χ2v) is 5.79. The topological polar surface area (TPSA) is 77.0 Å². The Labute approximate surface area is 143 Å². The Morgan fingerprint density at radius 2 is 1.92 bits per heavy atom. The molecule has 0 spiro atoms. The van der Waals surface area contributed by atoms with Crippen LogP contribution in [-0.4, -0.2) is 16.3 Å². The van der Waals surface area contributed by atoms with Crippen molar-refractivity contribution in [2.75, 3.05) is 0 Å². The van der Waals surface area contributed by atoms with Gasteiger partial charge in [-0.1, -0.05) is 35.5 Å². The molecule has 3 N–H and O–H groups in total. The second-order valence-electron chi connectivity index (χ2n) is 5.79. The molecule has 0 radical (unpaired) electrons. The molecule has 1 unspecified atom stereocenters. The van der Waals surface area contributed by atoms with Gasteiger partial charge in [0, 0.05) is 0 Å². The van der Waals surface area contributed by atoms with Crippen molar-refractivity contribution in [1.82, 2.24) is 15.5 Å². The Kier molecular flexibility index (Phi) is 5.52. The quantitative estimate of drug-likeness (QED) is 0.854. The third kappa shape index (κ3) is 3.88. The highest BCUT2D eigenvalue weighted by atomic mass is 35.5. The molecule has 1 atom stereocenters. The van der Waals surface area contributed by atoms with Crippen LogP contribution in [0.25, 0.3) is 0 Å². The molecule has 1 heterocycles. The lowest BCUT2D eigenvalue weighted by Crippen LogP contribution is -2.44. The van der Waals surface area contributed by atoms with Crippen molar-refractivity contribution >= 4 is 12.4 Å². The normalized spacial score (nSPS) is 17.7. The summed E-state index contributed by atoms with van der Waals surface area (Å²) in [5, 5.41) is 6.22. The molecule has 3 rings (SSSR count). The molecule has 1 aromatic heterocycles. The molecule has 9 heteroatoms. The number of hydrogen-bond acceptors (Lipinski definition) is 5.